The van der Waals surface area contributed by atoms with Crippen molar-refractivity contribution >= 4 is 22.1 Å². The highest BCUT2D eigenvalue weighted by Crippen LogP contribution is 2.38. The van der Waals surface area contributed by atoms with Gasteiger partial charge in [0.25, 0.3) is 0 Å². The van der Waals surface area contributed by atoms with Crippen LogP contribution in [0.1, 0.15) is 18.9 Å². The molecule has 23 heavy (non-hydrogen) atoms. The summed E-state index contributed by atoms with van der Waals surface area (Å²) in [6.07, 6.45) is 7.27. The van der Waals surface area contributed by atoms with Gasteiger partial charge in [0.1, 0.15) is 5.60 Å². The van der Waals surface area contributed by atoms with Gasteiger partial charge < -0.3 is 4.74 Å². The predicted octanol–water partition coefficient (Wildman–Crippen LogP) is 4.53. The average Bonchev–Trinajstić information content (AvgIpc) is 2.59. The van der Waals surface area contributed by atoms with Gasteiger partial charge >= 0.3 is 0 Å². The van der Waals surface area contributed by atoms with Crippen molar-refractivity contribution in [1.82, 2.24) is 9.97 Å². The van der Waals surface area contributed by atoms with Crippen LogP contribution in [0.5, 0.6) is 0 Å². The first-order valence-corrected chi connectivity index (χ1v) is 7.79. The van der Waals surface area contributed by atoms with Crippen LogP contribution in [0.2, 0.25) is 0 Å². The molecular weight excluding hydrogens is 284 g/mol. The van der Waals surface area contributed by atoms with E-state index in [1.807, 2.05) is 36.4 Å². The second-order valence-electron chi connectivity index (χ2n) is 5.97. The number of aromatic nitrogens is 2. The lowest BCUT2D eigenvalue weighted by atomic mass is 9.84. The molecule has 0 radical (unpaired) electrons. The Morgan fingerprint density at radius 3 is 2.43 bits per heavy atom. The maximum absolute atomic E-state index is 5.96. The van der Waals surface area contributed by atoms with E-state index in [0.29, 0.717) is 0 Å². The molecule has 2 aromatic carbocycles. The Hall–Kier alpha value is -2.52. The van der Waals surface area contributed by atoms with Crippen LogP contribution in [0.25, 0.3) is 22.1 Å². The maximum atomic E-state index is 5.96. The monoisotopic (exact) mass is 302 g/mol. The molecule has 3 aromatic rings. The topological polar surface area (TPSA) is 35.0 Å². The predicted molar refractivity (Wildman–Crippen MR) is 93.2 cm³/mol. The summed E-state index contributed by atoms with van der Waals surface area (Å²) in [5, 5.41) is 0. The van der Waals surface area contributed by atoms with Gasteiger partial charge in [0.15, 0.2) is 0 Å². The molecule has 0 amide bonds. The molecule has 1 aromatic heterocycles. The molecule has 1 aliphatic rings. The number of ether oxygens (including phenoxy) is 1. The normalized spacial score (nSPS) is 20.9. The average molecular weight is 302 g/mol. The molecular formula is C20H18N2O. The van der Waals surface area contributed by atoms with Crippen LogP contribution in [0.4, 0.5) is 0 Å². The quantitative estimate of drug-likeness (QED) is 0.652. The van der Waals surface area contributed by atoms with Gasteiger partial charge in [-0.25, -0.2) is 9.97 Å². The van der Waals surface area contributed by atoms with Gasteiger partial charge in [-0.2, -0.15) is 0 Å². The molecule has 0 aliphatic heterocycles. The van der Waals surface area contributed by atoms with Crippen LogP contribution in [-0.4, -0.2) is 17.1 Å². The lowest BCUT2D eigenvalue weighted by molar-refractivity contribution is 0.0311. The van der Waals surface area contributed by atoms with Crippen molar-refractivity contribution in [3.63, 3.8) is 0 Å². The Kier molecular flexibility index (Phi) is 3.24. The van der Waals surface area contributed by atoms with Crippen LogP contribution in [-0.2, 0) is 10.3 Å². The van der Waals surface area contributed by atoms with E-state index < -0.39 is 5.60 Å². The molecule has 114 valence electrons. The fraction of sp³-hybridized carbons (Fsp3) is 0.200. The van der Waals surface area contributed by atoms with E-state index in [-0.39, 0.29) is 0 Å². The number of para-hydroxylation sites is 3. The number of allylic oxidation sites excluding steroid dienone is 2. The Balaban J connectivity index is 2.03. The highest BCUT2D eigenvalue weighted by Gasteiger charge is 2.32. The number of hydrogen-bond acceptors (Lipinski definition) is 3. The van der Waals surface area contributed by atoms with Crippen molar-refractivity contribution in [1.29, 1.82) is 0 Å². The summed E-state index contributed by atoms with van der Waals surface area (Å²) in [6.45, 7) is 2.09. The Morgan fingerprint density at radius 1 is 0.957 bits per heavy atom. The second kappa shape index (κ2) is 5.28. The van der Waals surface area contributed by atoms with Crippen LogP contribution < -0.4 is 0 Å². The van der Waals surface area contributed by atoms with Crippen LogP contribution in [0, 0.1) is 0 Å². The van der Waals surface area contributed by atoms with Crippen molar-refractivity contribution < 1.29 is 4.74 Å². The molecule has 0 saturated carbocycles. The lowest BCUT2D eigenvalue weighted by Gasteiger charge is -2.32. The summed E-state index contributed by atoms with van der Waals surface area (Å²) in [6, 6.07) is 14.1. The van der Waals surface area contributed by atoms with E-state index in [4.69, 9.17) is 14.7 Å². The molecule has 0 spiro atoms. The first-order chi connectivity index (χ1) is 11.2. The van der Waals surface area contributed by atoms with Gasteiger partial charge in [-0.05, 0) is 31.2 Å². The zero-order valence-corrected chi connectivity index (χ0v) is 13.3. The van der Waals surface area contributed by atoms with E-state index in [9.17, 15) is 0 Å². The van der Waals surface area contributed by atoms with Crippen LogP contribution in [0.15, 0.2) is 66.3 Å². The summed E-state index contributed by atoms with van der Waals surface area (Å²) in [5.41, 5.74) is 5.42. The highest BCUT2D eigenvalue weighted by atomic mass is 16.5. The first kappa shape index (κ1) is 14.1. The SMILES string of the molecule is COC1(c2cccc3nc4ccccc4nc23)C=C(C)C=CC1. The molecule has 0 fully saturated rings. The molecule has 3 nitrogen and oxygen atoms in total. The molecule has 0 N–H and O–H groups in total. The number of benzene rings is 2. The lowest BCUT2D eigenvalue weighted by Crippen LogP contribution is -2.27. The largest absolute Gasteiger partial charge is 0.369 e. The number of nitrogens with zero attached hydrogens (tertiary/aromatic N) is 2. The fourth-order valence-electron chi connectivity index (χ4n) is 3.32. The molecule has 0 bridgehead atoms. The number of methoxy groups -OCH3 is 1. The third kappa shape index (κ3) is 2.25. The number of rotatable bonds is 2. The van der Waals surface area contributed by atoms with Gasteiger partial charge in [-0.15, -0.1) is 0 Å². The molecule has 0 saturated heterocycles. The Labute approximate surface area is 135 Å². The zero-order chi connectivity index (χ0) is 15.9. The third-order valence-electron chi connectivity index (χ3n) is 4.45. The minimum absolute atomic E-state index is 0.477. The highest BCUT2D eigenvalue weighted by molar-refractivity contribution is 5.88. The molecule has 4 rings (SSSR count). The standard InChI is InChI=1S/C20H18N2O/c1-14-7-6-12-20(13-14,23-2)15-8-5-11-18-19(15)22-17-10-4-3-9-16(17)21-18/h3-11,13H,12H2,1-2H3. The summed E-state index contributed by atoms with van der Waals surface area (Å²) < 4.78 is 5.96. The van der Waals surface area contributed by atoms with Crippen LogP contribution >= 0.6 is 0 Å². The molecule has 1 atom stereocenters. The summed E-state index contributed by atoms with van der Waals surface area (Å²) >= 11 is 0. The second-order valence-corrected chi connectivity index (χ2v) is 5.97. The van der Waals surface area contributed by atoms with E-state index in [1.54, 1.807) is 7.11 Å². The van der Waals surface area contributed by atoms with Gasteiger partial charge in [0.2, 0.25) is 0 Å². The summed E-state index contributed by atoms with van der Waals surface area (Å²) in [7, 11) is 1.76. The van der Waals surface area contributed by atoms with Crippen molar-refractivity contribution in [3.8, 4) is 0 Å². The maximum Gasteiger partial charge on any atom is 0.117 e. The van der Waals surface area contributed by atoms with Gasteiger partial charge in [0.05, 0.1) is 22.1 Å². The van der Waals surface area contributed by atoms with Crippen LogP contribution in [0.3, 0.4) is 0 Å². The van der Waals surface area contributed by atoms with Gasteiger partial charge in [-0.1, -0.05) is 42.0 Å². The molecule has 3 heteroatoms. The third-order valence-corrected chi connectivity index (χ3v) is 4.45. The van der Waals surface area contributed by atoms with Gasteiger partial charge in [0, 0.05) is 19.1 Å². The molecule has 1 unspecified atom stereocenters. The summed E-state index contributed by atoms with van der Waals surface area (Å²) in [5.74, 6) is 0. The zero-order valence-electron chi connectivity index (χ0n) is 13.3. The number of fused-ring (bicyclic) bond motifs is 2. The smallest absolute Gasteiger partial charge is 0.117 e. The van der Waals surface area contributed by atoms with E-state index in [0.717, 1.165) is 34.1 Å². The Bertz CT molecular complexity index is 958. The molecule has 1 aliphatic carbocycles. The summed E-state index contributed by atoms with van der Waals surface area (Å²) in [4.78, 5) is 9.64. The Morgan fingerprint density at radius 2 is 1.70 bits per heavy atom. The van der Waals surface area contributed by atoms with E-state index in [1.165, 1.54) is 5.57 Å². The number of hydrogen-bond donors (Lipinski definition) is 0. The van der Waals surface area contributed by atoms with Gasteiger partial charge in [-0.3, -0.25) is 0 Å². The van der Waals surface area contributed by atoms with E-state index >= 15 is 0 Å². The van der Waals surface area contributed by atoms with E-state index in [2.05, 4.69) is 31.2 Å². The molecule has 1 heterocycles. The first-order valence-electron chi connectivity index (χ1n) is 7.79. The fourth-order valence-corrected chi connectivity index (χ4v) is 3.32. The van der Waals surface area contributed by atoms with Crippen molar-refractivity contribution in [2.24, 2.45) is 0 Å². The van der Waals surface area contributed by atoms with Crippen molar-refractivity contribution in [2.75, 3.05) is 7.11 Å². The van der Waals surface area contributed by atoms with Crippen molar-refractivity contribution in [2.45, 2.75) is 18.9 Å². The minimum Gasteiger partial charge on any atom is -0.369 e. The van der Waals surface area contributed by atoms with Crippen molar-refractivity contribution in [3.05, 3.63) is 71.8 Å². The minimum atomic E-state index is -0.477.